The van der Waals surface area contributed by atoms with Crippen LogP contribution in [0.15, 0.2) is 18.2 Å². The summed E-state index contributed by atoms with van der Waals surface area (Å²) in [5.74, 6) is 1.50. The molecule has 1 aromatic rings. The standard InChI is InChI=1S/C26H40N3O3.2CH2/c1-20-18-22(28-14-16-29(17-15-28)25(31)32-26(2,3)4)12-13-23(20)27-24(30)19-21-10-8-6-5-7-9-11-21;;/h12-13,18H,5-11,14-17,19H2,1-4H3,(H,27,30);2*1H2. The molecule has 3 rings (SSSR count). The highest BCUT2D eigenvalue weighted by atomic mass is 16.6. The molecular formula is C28H44N3O3. The van der Waals surface area contributed by atoms with Crippen LogP contribution in [-0.2, 0) is 9.53 Å². The van der Waals surface area contributed by atoms with E-state index in [4.69, 9.17) is 4.74 Å². The summed E-state index contributed by atoms with van der Waals surface area (Å²) in [4.78, 5) is 29.0. The number of ether oxygens (including phenoxy) is 1. The monoisotopic (exact) mass is 470 g/mol. The summed E-state index contributed by atoms with van der Waals surface area (Å²) in [7, 11) is 0. The van der Waals surface area contributed by atoms with Gasteiger partial charge in [-0.15, -0.1) is 0 Å². The molecule has 1 heterocycles. The Labute approximate surface area is 208 Å². The zero-order valence-electron chi connectivity index (χ0n) is 21.8. The van der Waals surface area contributed by atoms with E-state index in [9.17, 15) is 9.59 Å². The first kappa shape index (κ1) is 29.8. The van der Waals surface area contributed by atoms with Crippen LogP contribution in [0.25, 0.3) is 0 Å². The molecule has 0 spiro atoms. The highest BCUT2D eigenvalue weighted by Gasteiger charge is 2.26. The molecular weight excluding hydrogens is 426 g/mol. The van der Waals surface area contributed by atoms with Crippen LogP contribution >= 0.6 is 0 Å². The molecule has 0 bridgehead atoms. The minimum absolute atomic E-state index is 0. The number of nitrogens with zero attached hydrogens (tertiary/aromatic N) is 2. The van der Waals surface area contributed by atoms with Crippen LogP contribution in [-0.4, -0.2) is 48.7 Å². The fraction of sp³-hybridized carbons (Fsp3) is 0.607. The van der Waals surface area contributed by atoms with E-state index in [1.165, 1.54) is 38.0 Å². The van der Waals surface area contributed by atoms with Crippen LogP contribution in [0.4, 0.5) is 16.2 Å². The number of rotatable bonds is 4. The lowest BCUT2D eigenvalue weighted by Gasteiger charge is -2.37. The Morgan fingerprint density at radius 2 is 1.53 bits per heavy atom. The third kappa shape index (κ3) is 9.19. The van der Waals surface area contributed by atoms with Gasteiger partial charge in [0.05, 0.1) is 0 Å². The number of carbonyl (C=O) groups excluding carboxylic acids is 2. The average Bonchev–Trinajstić information content (AvgIpc) is 2.70. The summed E-state index contributed by atoms with van der Waals surface area (Å²) in [5.41, 5.74) is 2.60. The second-order valence-electron chi connectivity index (χ2n) is 10.2. The second-order valence-corrected chi connectivity index (χ2v) is 10.2. The maximum absolute atomic E-state index is 12.6. The molecule has 0 atom stereocenters. The normalized spacial score (nSPS) is 17.5. The second kappa shape index (κ2) is 13.6. The fourth-order valence-electron chi connectivity index (χ4n) is 4.46. The average molecular weight is 471 g/mol. The minimum atomic E-state index is -0.473. The van der Waals surface area contributed by atoms with Crippen LogP contribution in [0.5, 0.6) is 0 Å². The summed E-state index contributed by atoms with van der Waals surface area (Å²) < 4.78 is 5.48. The molecule has 1 aromatic carbocycles. The molecule has 1 N–H and O–H groups in total. The number of piperazine rings is 1. The van der Waals surface area contributed by atoms with Crippen molar-refractivity contribution < 1.29 is 14.3 Å². The van der Waals surface area contributed by atoms with Crippen molar-refractivity contribution in [1.29, 1.82) is 0 Å². The van der Waals surface area contributed by atoms with Gasteiger partial charge < -0.3 is 19.9 Å². The Kier molecular flexibility index (Phi) is 11.9. The zero-order chi connectivity index (χ0) is 23.1. The number of aryl methyl sites for hydroxylation is 1. The van der Waals surface area contributed by atoms with Crippen LogP contribution in [0.2, 0.25) is 0 Å². The van der Waals surface area contributed by atoms with E-state index in [0.717, 1.165) is 42.9 Å². The van der Waals surface area contributed by atoms with Crippen molar-refractivity contribution in [3.05, 3.63) is 44.5 Å². The highest BCUT2D eigenvalue weighted by molar-refractivity contribution is 5.92. The molecule has 2 amide bonds. The quantitative estimate of drug-likeness (QED) is 0.557. The molecule has 1 aliphatic carbocycles. The molecule has 34 heavy (non-hydrogen) atoms. The maximum atomic E-state index is 12.6. The lowest BCUT2D eigenvalue weighted by molar-refractivity contribution is -0.116. The van der Waals surface area contributed by atoms with E-state index in [1.54, 1.807) is 4.90 Å². The highest BCUT2D eigenvalue weighted by Crippen LogP contribution is 2.28. The maximum Gasteiger partial charge on any atom is 0.410 e. The molecule has 1 saturated carbocycles. The van der Waals surface area contributed by atoms with Gasteiger partial charge in [0, 0.05) is 44.0 Å². The summed E-state index contributed by atoms with van der Waals surface area (Å²) in [6, 6.07) is 6.20. The molecule has 6 nitrogen and oxygen atoms in total. The van der Waals surface area contributed by atoms with Gasteiger partial charge in [-0.1, -0.05) is 47.0 Å². The first-order valence-corrected chi connectivity index (χ1v) is 12.2. The SMILES string of the molecule is Cc1cc(N2CCN(C(=O)OC(C)(C)C)CC2)ccc1NC(=O)C[C]1CCCCCCC1.[CH2].[CH2]. The Morgan fingerprint density at radius 1 is 0.941 bits per heavy atom. The summed E-state index contributed by atoms with van der Waals surface area (Å²) in [5, 5.41) is 3.12. The first-order chi connectivity index (χ1) is 15.2. The topological polar surface area (TPSA) is 61.9 Å². The molecule has 1 saturated heterocycles. The number of hydrogen-bond acceptors (Lipinski definition) is 4. The Morgan fingerprint density at radius 3 is 2.09 bits per heavy atom. The van der Waals surface area contributed by atoms with Crippen molar-refractivity contribution in [3.8, 4) is 0 Å². The number of benzene rings is 1. The molecule has 1 aliphatic heterocycles. The number of anilines is 2. The number of nitrogens with one attached hydrogen (secondary N) is 1. The summed E-state index contributed by atoms with van der Waals surface area (Å²) in [6.07, 6.45) is 8.86. The smallest absolute Gasteiger partial charge is 0.410 e. The van der Waals surface area contributed by atoms with Crippen LogP contribution in [0.3, 0.4) is 0 Å². The number of carbonyl (C=O) groups is 2. The summed E-state index contributed by atoms with van der Waals surface area (Å²) >= 11 is 0. The van der Waals surface area contributed by atoms with E-state index in [2.05, 4.69) is 22.3 Å². The Balaban J connectivity index is 0.00000289. The molecule has 6 heteroatoms. The van der Waals surface area contributed by atoms with E-state index < -0.39 is 5.60 Å². The molecule has 0 aromatic heterocycles. The fourth-order valence-corrected chi connectivity index (χ4v) is 4.46. The lowest BCUT2D eigenvalue weighted by Crippen LogP contribution is -2.50. The van der Waals surface area contributed by atoms with Crippen molar-refractivity contribution in [3.63, 3.8) is 0 Å². The number of amides is 2. The zero-order valence-corrected chi connectivity index (χ0v) is 21.8. The van der Waals surface area contributed by atoms with Gasteiger partial charge in [-0.25, -0.2) is 4.79 Å². The minimum Gasteiger partial charge on any atom is -0.444 e. The van der Waals surface area contributed by atoms with E-state index in [1.807, 2.05) is 33.8 Å². The molecule has 2 aliphatic rings. The van der Waals surface area contributed by atoms with E-state index in [-0.39, 0.29) is 26.9 Å². The molecule has 0 unspecified atom stereocenters. The predicted molar refractivity (Wildman–Crippen MR) is 141 cm³/mol. The van der Waals surface area contributed by atoms with Gasteiger partial charge in [-0.3, -0.25) is 4.79 Å². The Bertz CT molecular complexity index is 772. The van der Waals surface area contributed by atoms with Gasteiger partial charge >= 0.3 is 6.09 Å². The first-order valence-electron chi connectivity index (χ1n) is 12.2. The number of hydrogen-bond donors (Lipinski definition) is 1. The van der Waals surface area contributed by atoms with Gasteiger partial charge in [0.1, 0.15) is 5.60 Å². The lowest BCUT2D eigenvalue weighted by atomic mass is 9.88. The van der Waals surface area contributed by atoms with Crippen molar-refractivity contribution in [2.75, 3.05) is 36.4 Å². The van der Waals surface area contributed by atoms with Gasteiger partial charge in [-0.2, -0.15) is 0 Å². The van der Waals surface area contributed by atoms with Crippen LogP contribution in [0.1, 0.15) is 77.7 Å². The van der Waals surface area contributed by atoms with Gasteiger partial charge in [0.2, 0.25) is 5.91 Å². The Hall–Kier alpha value is -2.24. The summed E-state index contributed by atoms with van der Waals surface area (Å²) in [6.45, 7) is 10.5. The van der Waals surface area contributed by atoms with Crippen LogP contribution < -0.4 is 10.2 Å². The van der Waals surface area contributed by atoms with Crippen molar-refractivity contribution in [2.45, 2.75) is 84.7 Å². The van der Waals surface area contributed by atoms with Gasteiger partial charge in [-0.05, 0) is 70.2 Å². The van der Waals surface area contributed by atoms with Crippen molar-refractivity contribution in [1.82, 2.24) is 4.90 Å². The van der Waals surface area contributed by atoms with E-state index >= 15 is 0 Å². The predicted octanol–water partition coefficient (Wildman–Crippen LogP) is 6.35. The van der Waals surface area contributed by atoms with Gasteiger partial charge in [0.15, 0.2) is 0 Å². The molecule has 189 valence electrons. The third-order valence-electron chi connectivity index (χ3n) is 6.25. The molecule has 5 radical (unpaired) electrons. The van der Waals surface area contributed by atoms with Crippen molar-refractivity contribution >= 4 is 23.4 Å². The van der Waals surface area contributed by atoms with E-state index in [0.29, 0.717) is 19.5 Å². The third-order valence-corrected chi connectivity index (χ3v) is 6.25. The van der Waals surface area contributed by atoms with Crippen LogP contribution in [0, 0.1) is 27.7 Å². The largest absolute Gasteiger partial charge is 0.444 e. The van der Waals surface area contributed by atoms with Gasteiger partial charge in [0.25, 0.3) is 0 Å². The molecule has 2 fully saturated rings. The van der Waals surface area contributed by atoms with Crippen molar-refractivity contribution in [2.24, 2.45) is 0 Å².